The standard InChI is InChI=1S/C17H14F2N2O2S/c1-23-10-9-21-13-7-2-3-8-14(13)24-17(21)20-16(22)11-5-4-6-12(18)15(11)19/h2-8H,9-10H2,1H3. The number of ether oxygens (including phenoxy) is 1. The number of nitrogens with zero attached hydrogens (tertiary/aromatic N) is 2. The molecule has 0 saturated heterocycles. The van der Waals surface area contributed by atoms with E-state index in [0.717, 1.165) is 16.3 Å². The molecular weight excluding hydrogens is 334 g/mol. The van der Waals surface area contributed by atoms with Crippen LogP contribution < -0.4 is 4.80 Å². The molecule has 0 saturated carbocycles. The number of amides is 1. The number of para-hydroxylation sites is 1. The van der Waals surface area contributed by atoms with Gasteiger partial charge in [0.1, 0.15) is 0 Å². The van der Waals surface area contributed by atoms with Gasteiger partial charge < -0.3 is 9.30 Å². The van der Waals surface area contributed by atoms with Crippen LogP contribution in [0.3, 0.4) is 0 Å². The molecule has 0 N–H and O–H groups in total. The first-order chi connectivity index (χ1) is 11.6. The van der Waals surface area contributed by atoms with E-state index in [2.05, 4.69) is 4.99 Å². The Kier molecular flexibility index (Phi) is 4.82. The molecule has 0 fully saturated rings. The van der Waals surface area contributed by atoms with Crippen molar-refractivity contribution in [3.05, 3.63) is 64.5 Å². The second kappa shape index (κ2) is 7.02. The second-order valence-corrected chi connectivity index (χ2v) is 6.02. The van der Waals surface area contributed by atoms with Crippen LogP contribution in [0.2, 0.25) is 0 Å². The van der Waals surface area contributed by atoms with Gasteiger partial charge in [0, 0.05) is 13.7 Å². The predicted molar refractivity (Wildman–Crippen MR) is 87.9 cm³/mol. The molecule has 3 aromatic rings. The van der Waals surface area contributed by atoms with Crippen LogP contribution in [0.15, 0.2) is 47.5 Å². The zero-order valence-corrected chi connectivity index (χ0v) is 13.6. The van der Waals surface area contributed by atoms with Crippen LogP contribution in [0.4, 0.5) is 8.78 Å². The van der Waals surface area contributed by atoms with E-state index in [1.54, 1.807) is 7.11 Å². The molecule has 2 aromatic carbocycles. The number of benzene rings is 2. The molecule has 4 nitrogen and oxygen atoms in total. The monoisotopic (exact) mass is 348 g/mol. The Morgan fingerprint density at radius 2 is 2.00 bits per heavy atom. The fourth-order valence-electron chi connectivity index (χ4n) is 2.32. The zero-order chi connectivity index (χ0) is 17.1. The number of halogens is 2. The summed E-state index contributed by atoms with van der Waals surface area (Å²) >= 11 is 1.31. The number of fused-ring (bicyclic) bond motifs is 1. The molecule has 0 atom stereocenters. The van der Waals surface area contributed by atoms with Gasteiger partial charge in [-0.3, -0.25) is 4.79 Å². The topological polar surface area (TPSA) is 43.6 Å². The number of carbonyl (C=O) groups excluding carboxylic acids is 1. The van der Waals surface area contributed by atoms with E-state index in [9.17, 15) is 13.6 Å². The summed E-state index contributed by atoms with van der Waals surface area (Å²) in [7, 11) is 1.58. The van der Waals surface area contributed by atoms with Gasteiger partial charge in [-0.1, -0.05) is 29.5 Å². The summed E-state index contributed by atoms with van der Waals surface area (Å²) in [5.41, 5.74) is 0.525. The third kappa shape index (κ3) is 3.13. The van der Waals surface area contributed by atoms with E-state index >= 15 is 0 Å². The molecule has 1 aromatic heterocycles. The highest BCUT2D eigenvalue weighted by Gasteiger charge is 2.15. The Morgan fingerprint density at radius 3 is 2.79 bits per heavy atom. The Bertz CT molecular complexity index is 963. The van der Waals surface area contributed by atoms with Crippen LogP contribution in [0.1, 0.15) is 10.4 Å². The summed E-state index contributed by atoms with van der Waals surface area (Å²) in [6.45, 7) is 0.939. The van der Waals surface area contributed by atoms with E-state index in [1.807, 2.05) is 28.8 Å². The maximum Gasteiger partial charge on any atom is 0.282 e. The Labute approximate surface area is 140 Å². The summed E-state index contributed by atoms with van der Waals surface area (Å²) in [5, 5.41) is 0. The zero-order valence-electron chi connectivity index (χ0n) is 12.8. The number of hydrogen-bond acceptors (Lipinski definition) is 3. The molecule has 0 unspecified atom stereocenters. The van der Waals surface area contributed by atoms with Crippen LogP contribution in [-0.2, 0) is 11.3 Å². The van der Waals surface area contributed by atoms with Crippen molar-refractivity contribution < 1.29 is 18.3 Å². The van der Waals surface area contributed by atoms with Crippen molar-refractivity contribution in [2.45, 2.75) is 6.54 Å². The summed E-state index contributed by atoms with van der Waals surface area (Å²) in [6, 6.07) is 11.1. The molecule has 7 heteroatoms. The van der Waals surface area contributed by atoms with Gasteiger partial charge >= 0.3 is 0 Å². The first kappa shape index (κ1) is 16.5. The predicted octanol–water partition coefficient (Wildman–Crippen LogP) is 3.37. The summed E-state index contributed by atoms with van der Waals surface area (Å²) in [5.74, 6) is -3.07. The fraction of sp³-hybridized carbons (Fsp3) is 0.176. The number of hydrogen-bond donors (Lipinski definition) is 0. The first-order valence-corrected chi connectivity index (χ1v) is 8.04. The van der Waals surface area contributed by atoms with Crippen molar-refractivity contribution in [3.8, 4) is 0 Å². The van der Waals surface area contributed by atoms with Gasteiger partial charge in [0.15, 0.2) is 16.4 Å². The normalized spacial score (nSPS) is 12.0. The van der Waals surface area contributed by atoms with Crippen LogP contribution in [0, 0.1) is 11.6 Å². The quantitative estimate of drug-likeness (QED) is 0.726. The molecule has 1 heterocycles. The van der Waals surface area contributed by atoms with Gasteiger partial charge in [0.05, 0.1) is 22.4 Å². The molecule has 0 aliphatic rings. The largest absolute Gasteiger partial charge is 0.383 e. The molecule has 0 bridgehead atoms. The summed E-state index contributed by atoms with van der Waals surface area (Å²) < 4.78 is 35.0. The minimum Gasteiger partial charge on any atom is -0.383 e. The lowest BCUT2D eigenvalue weighted by Gasteiger charge is -2.04. The van der Waals surface area contributed by atoms with Gasteiger partial charge in [-0.25, -0.2) is 8.78 Å². The number of thiazole rings is 1. The lowest BCUT2D eigenvalue weighted by Crippen LogP contribution is -2.19. The van der Waals surface area contributed by atoms with E-state index in [1.165, 1.54) is 23.5 Å². The molecule has 124 valence electrons. The summed E-state index contributed by atoms with van der Waals surface area (Å²) in [4.78, 5) is 16.7. The Balaban J connectivity index is 2.12. The molecular formula is C17H14F2N2O2S. The molecule has 0 aliphatic heterocycles. The van der Waals surface area contributed by atoms with Gasteiger partial charge in [-0.05, 0) is 24.3 Å². The highest BCUT2D eigenvalue weighted by Crippen LogP contribution is 2.17. The lowest BCUT2D eigenvalue weighted by atomic mass is 10.2. The van der Waals surface area contributed by atoms with Crippen LogP contribution in [-0.4, -0.2) is 24.2 Å². The Hall–Kier alpha value is -2.38. The molecule has 3 rings (SSSR count). The van der Waals surface area contributed by atoms with Crippen molar-refractivity contribution in [2.24, 2.45) is 4.99 Å². The van der Waals surface area contributed by atoms with Crippen molar-refractivity contribution >= 4 is 27.5 Å². The number of aromatic nitrogens is 1. The molecule has 0 aliphatic carbocycles. The highest BCUT2D eigenvalue weighted by molar-refractivity contribution is 7.16. The first-order valence-electron chi connectivity index (χ1n) is 7.22. The van der Waals surface area contributed by atoms with E-state index < -0.39 is 17.5 Å². The third-order valence-corrected chi connectivity index (χ3v) is 4.55. The van der Waals surface area contributed by atoms with E-state index in [-0.39, 0.29) is 5.56 Å². The molecule has 0 radical (unpaired) electrons. The maximum absolute atomic E-state index is 13.8. The Morgan fingerprint density at radius 1 is 1.21 bits per heavy atom. The lowest BCUT2D eigenvalue weighted by molar-refractivity contribution is 0.0992. The van der Waals surface area contributed by atoms with Crippen molar-refractivity contribution in [1.82, 2.24) is 4.57 Å². The van der Waals surface area contributed by atoms with E-state index in [4.69, 9.17) is 4.74 Å². The average molecular weight is 348 g/mol. The van der Waals surface area contributed by atoms with Crippen LogP contribution in [0.25, 0.3) is 10.2 Å². The summed E-state index contributed by atoms with van der Waals surface area (Å²) in [6.07, 6.45) is 0. The maximum atomic E-state index is 13.8. The number of rotatable bonds is 4. The second-order valence-electron chi connectivity index (χ2n) is 5.02. The number of carbonyl (C=O) groups is 1. The third-order valence-electron chi connectivity index (χ3n) is 3.49. The van der Waals surface area contributed by atoms with Crippen molar-refractivity contribution in [3.63, 3.8) is 0 Å². The van der Waals surface area contributed by atoms with Gasteiger partial charge in [-0.15, -0.1) is 0 Å². The van der Waals surface area contributed by atoms with Crippen LogP contribution >= 0.6 is 11.3 Å². The smallest absolute Gasteiger partial charge is 0.282 e. The molecule has 0 spiro atoms. The highest BCUT2D eigenvalue weighted by atomic mass is 32.1. The van der Waals surface area contributed by atoms with Gasteiger partial charge in [0.25, 0.3) is 5.91 Å². The minimum absolute atomic E-state index is 0.384. The fourth-order valence-corrected chi connectivity index (χ4v) is 3.38. The molecule has 24 heavy (non-hydrogen) atoms. The molecule has 1 amide bonds. The van der Waals surface area contributed by atoms with Gasteiger partial charge in [0.2, 0.25) is 0 Å². The van der Waals surface area contributed by atoms with E-state index in [0.29, 0.717) is 18.0 Å². The van der Waals surface area contributed by atoms with Crippen molar-refractivity contribution in [2.75, 3.05) is 13.7 Å². The van der Waals surface area contributed by atoms with Crippen LogP contribution in [0.5, 0.6) is 0 Å². The van der Waals surface area contributed by atoms with Crippen molar-refractivity contribution in [1.29, 1.82) is 0 Å². The number of methoxy groups -OCH3 is 1. The van der Waals surface area contributed by atoms with Gasteiger partial charge in [-0.2, -0.15) is 4.99 Å². The SMILES string of the molecule is COCCn1c(=NC(=O)c2cccc(F)c2F)sc2ccccc21. The minimum atomic E-state index is -1.18. The average Bonchev–Trinajstić information content (AvgIpc) is 2.92.